The normalized spacial score (nSPS) is 11.6. The van der Waals surface area contributed by atoms with Crippen LogP contribution in [-0.4, -0.2) is 19.9 Å². The summed E-state index contributed by atoms with van der Waals surface area (Å²) in [4.78, 5) is 23.1. The van der Waals surface area contributed by atoms with Gasteiger partial charge in [0.2, 0.25) is 11.6 Å². The largest absolute Gasteiger partial charge is 0.358 e. The summed E-state index contributed by atoms with van der Waals surface area (Å²) in [5, 5.41) is 17.7. The summed E-state index contributed by atoms with van der Waals surface area (Å²) in [6.45, 7) is 1.90. The molecule has 3 rings (SSSR count). The first-order chi connectivity index (χ1) is 12.6. The van der Waals surface area contributed by atoms with E-state index in [2.05, 4.69) is 25.6 Å². The number of halogens is 1. The fourth-order valence-electron chi connectivity index (χ4n) is 2.39. The van der Waals surface area contributed by atoms with Crippen molar-refractivity contribution in [3.8, 4) is 0 Å². The second-order valence-corrected chi connectivity index (χ2v) is 5.78. The molecule has 0 radical (unpaired) electrons. The summed E-state index contributed by atoms with van der Waals surface area (Å²) >= 11 is 6.01. The van der Waals surface area contributed by atoms with Crippen molar-refractivity contribution >= 4 is 34.6 Å². The highest BCUT2D eigenvalue weighted by atomic mass is 35.5. The molecule has 0 aliphatic heterocycles. The first-order valence-electron chi connectivity index (χ1n) is 7.74. The molecular weight excluding hydrogens is 356 g/mol. The number of aromatic nitrogens is 3. The van der Waals surface area contributed by atoms with Gasteiger partial charge < -0.3 is 10.6 Å². The summed E-state index contributed by atoms with van der Waals surface area (Å²) in [6.07, 6.45) is 2.77. The molecule has 0 spiro atoms. The van der Waals surface area contributed by atoms with Gasteiger partial charge in [0.1, 0.15) is 6.33 Å². The Bertz CT molecular complexity index is 922. The van der Waals surface area contributed by atoms with Crippen molar-refractivity contribution < 1.29 is 4.92 Å². The maximum Gasteiger partial charge on any atom is 0.353 e. The quantitative estimate of drug-likeness (QED) is 0.377. The minimum absolute atomic E-state index is 0.0302. The number of rotatable bonds is 6. The number of nitro groups is 1. The number of anilines is 3. The highest BCUT2D eigenvalue weighted by Gasteiger charge is 2.25. The smallest absolute Gasteiger partial charge is 0.353 e. The van der Waals surface area contributed by atoms with Crippen LogP contribution in [-0.2, 0) is 0 Å². The Morgan fingerprint density at radius 1 is 1.08 bits per heavy atom. The number of hydrogen-bond acceptors (Lipinski definition) is 7. The molecular formula is C17H15ClN6O2. The van der Waals surface area contributed by atoms with Gasteiger partial charge >= 0.3 is 5.69 Å². The highest BCUT2D eigenvalue weighted by Crippen LogP contribution is 2.34. The molecule has 0 saturated carbocycles. The van der Waals surface area contributed by atoms with Crippen LogP contribution in [0.3, 0.4) is 0 Å². The second-order valence-electron chi connectivity index (χ2n) is 5.42. The molecule has 132 valence electrons. The number of pyridine rings is 1. The Kier molecular flexibility index (Phi) is 5.23. The van der Waals surface area contributed by atoms with Gasteiger partial charge in [0.15, 0.2) is 5.15 Å². The van der Waals surface area contributed by atoms with Gasteiger partial charge in [0.05, 0.1) is 16.7 Å². The van der Waals surface area contributed by atoms with E-state index in [4.69, 9.17) is 11.6 Å². The van der Waals surface area contributed by atoms with Crippen LogP contribution in [0.4, 0.5) is 23.0 Å². The Morgan fingerprint density at radius 3 is 2.50 bits per heavy atom. The van der Waals surface area contributed by atoms with Crippen molar-refractivity contribution in [2.45, 2.75) is 13.0 Å². The molecule has 0 aliphatic carbocycles. The molecule has 0 aliphatic rings. The predicted molar refractivity (Wildman–Crippen MR) is 99.7 cm³/mol. The van der Waals surface area contributed by atoms with E-state index in [9.17, 15) is 10.1 Å². The second kappa shape index (κ2) is 7.75. The summed E-state index contributed by atoms with van der Waals surface area (Å²) in [5.74, 6) is 0.145. The molecule has 2 N–H and O–H groups in total. The Hall–Kier alpha value is -3.26. The maximum atomic E-state index is 11.6. The number of hydrogen-bond donors (Lipinski definition) is 2. The van der Waals surface area contributed by atoms with Crippen LogP contribution in [0.25, 0.3) is 0 Å². The number of nitrogens with zero attached hydrogens (tertiary/aromatic N) is 4. The molecule has 0 bridgehead atoms. The van der Waals surface area contributed by atoms with E-state index in [1.807, 2.05) is 37.3 Å². The third kappa shape index (κ3) is 3.86. The highest BCUT2D eigenvalue weighted by molar-refractivity contribution is 6.32. The molecule has 0 fully saturated rings. The van der Waals surface area contributed by atoms with Crippen LogP contribution < -0.4 is 10.6 Å². The van der Waals surface area contributed by atoms with E-state index < -0.39 is 4.92 Å². The van der Waals surface area contributed by atoms with E-state index in [0.717, 1.165) is 5.56 Å². The zero-order valence-electron chi connectivity index (χ0n) is 13.8. The summed E-state index contributed by atoms with van der Waals surface area (Å²) in [6, 6.07) is 12.7. The minimum Gasteiger partial charge on any atom is -0.358 e. The van der Waals surface area contributed by atoms with Gasteiger partial charge in [-0.1, -0.05) is 41.9 Å². The summed E-state index contributed by atoms with van der Waals surface area (Å²) in [5.41, 5.74) is 1.12. The topological polar surface area (TPSA) is 106 Å². The third-order valence-corrected chi connectivity index (χ3v) is 3.97. The van der Waals surface area contributed by atoms with Crippen LogP contribution in [0.1, 0.15) is 18.5 Å². The minimum atomic E-state index is -0.535. The van der Waals surface area contributed by atoms with E-state index >= 15 is 0 Å². The van der Waals surface area contributed by atoms with Crippen molar-refractivity contribution in [2.24, 2.45) is 0 Å². The van der Waals surface area contributed by atoms with Crippen molar-refractivity contribution in [2.75, 3.05) is 10.6 Å². The van der Waals surface area contributed by atoms with Crippen LogP contribution in [0, 0.1) is 10.1 Å². The maximum absolute atomic E-state index is 11.6. The molecule has 2 heterocycles. The van der Waals surface area contributed by atoms with Gasteiger partial charge in [0, 0.05) is 6.20 Å². The standard InChI is InChI=1S/C17H15ClN6O2/c1-11(12-6-3-2-4-7-12)22-16-14(24(25)26)17(21-10-20-16)23-13-8-5-9-19-15(13)18/h2-11H,1H3,(H2,20,21,22,23). The monoisotopic (exact) mass is 370 g/mol. The molecule has 2 aromatic heterocycles. The summed E-state index contributed by atoms with van der Waals surface area (Å²) in [7, 11) is 0. The van der Waals surface area contributed by atoms with E-state index in [0.29, 0.717) is 5.69 Å². The lowest BCUT2D eigenvalue weighted by Crippen LogP contribution is -2.11. The molecule has 8 nitrogen and oxygen atoms in total. The molecule has 1 atom stereocenters. The van der Waals surface area contributed by atoms with E-state index in [-0.39, 0.29) is 28.5 Å². The predicted octanol–water partition coefficient (Wildman–Crippen LogP) is 4.35. The molecule has 26 heavy (non-hydrogen) atoms. The average molecular weight is 371 g/mol. The van der Waals surface area contributed by atoms with Crippen LogP contribution >= 0.6 is 11.6 Å². The van der Waals surface area contributed by atoms with Gasteiger partial charge in [-0.15, -0.1) is 0 Å². The van der Waals surface area contributed by atoms with Crippen molar-refractivity contribution in [1.29, 1.82) is 0 Å². The Morgan fingerprint density at radius 2 is 1.81 bits per heavy atom. The van der Waals surface area contributed by atoms with Gasteiger partial charge in [0.25, 0.3) is 0 Å². The molecule has 3 aromatic rings. The van der Waals surface area contributed by atoms with Gasteiger partial charge in [-0.3, -0.25) is 10.1 Å². The average Bonchev–Trinajstić information content (AvgIpc) is 2.64. The first kappa shape index (κ1) is 17.6. The van der Waals surface area contributed by atoms with E-state index in [1.54, 1.807) is 12.1 Å². The summed E-state index contributed by atoms with van der Waals surface area (Å²) < 4.78 is 0. The fourth-order valence-corrected chi connectivity index (χ4v) is 2.55. The lowest BCUT2D eigenvalue weighted by molar-refractivity contribution is -0.383. The molecule has 9 heteroatoms. The van der Waals surface area contributed by atoms with Crippen LogP contribution in [0.15, 0.2) is 55.0 Å². The molecule has 0 saturated heterocycles. The third-order valence-electron chi connectivity index (χ3n) is 3.67. The number of nitrogens with one attached hydrogen (secondary N) is 2. The van der Waals surface area contributed by atoms with Crippen molar-refractivity contribution in [3.05, 3.63) is 75.8 Å². The first-order valence-corrected chi connectivity index (χ1v) is 8.12. The fraction of sp³-hybridized carbons (Fsp3) is 0.118. The molecule has 1 aromatic carbocycles. The lowest BCUT2D eigenvalue weighted by atomic mass is 10.1. The lowest BCUT2D eigenvalue weighted by Gasteiger charge is -2.16. The molecule has 1 unspecified atom stereocenters. The Balaban J connectivity index is 1.94. The zero-order chi connectivity index (χ0) is 18.5. The van der Waals surface area contributed by atoms with Crippen LogP contribution in [0.5, 0.6) is 0 Å². The zero-order valence-corrected chi connectivity index (χ0v) is 14.5. The SMILES string of the molecule is CC(Nc1ncnc(Nc2cccnc2Cl)c1[N+](=O)[O-])c1ccccc1. The van der Waals surface area contributed by atoms with Gasteiger partial charge in [-0.05, 0) is 24.6 Å². The van der Waals surface area contributed by atoms with Crippen LogP contribution in [0.2, 0.25) is 5.15 Å². The van der Waals surface area contributed by atoms with E-state index in [1.165, 1.54) is 12.5 Å². The number of benzene rings is 1. The van der Waals surface area contributed by atoms with Crippen molar-refractivity contribution in [3.63, 3.8) is 0 Å². The van der Waals surface area contributed by atoms with Crippen molar-refractivity contribution in [1.82, 2.24) is 15.0 Å². The van der Waals surface area contributed by atoms with Gasteiger partial charge in [-0.2, -0.15) is 0 Å². The van der Waals surface area contributed by atoms with Gasteiger partial charge in [-0.25, -0.2) is 15.0 Å². The Labute approximate surface area is 154 Å². The molecule has 0 amide bonds.